The Morgan fingerprint density at radius 2 is 2.38 bits per heavy atom. The van der Waals surface area contributed by atoms with E-state index < -0.39 is 0 Å². The van der Waals surface area contributed by atoms with Crippen LogP contribution in [0.15, 0.2) is 18.3 Å². The number of anilines is 1. The second kappa shape index (κ2) is 7.98. The average molecular weight is 291 g/mol. The van der Waals surface area contributed by atoms with Crippen LogP contribution in [-0.2, 0) is 4.74 Å². The van der Waals surface area contributed by atoms with Crippen LogP contribution in [-0.4, -0.2) is 36.7 Å². The van der Waals surface area contributed by atoms with Crippen LogP contribution in [0.25, 0.3) is 0 Å². The molecule has 1 fully saturated rings. The summed E-state index contributed by atoms with van der Waals surface area (Å²) in [6.07, 6.45) is 5.02. The van der Waals surface area contributed by atoms with E-state index in [1.807, 2.05) is 6.07 Å². The van der Waals surface area contributed by atoms with E-state index in [-0.39, 0.29) is 12.0 Å². The Morgan fingerprint density at radius 1 is 1.52 bits per heavy atom. The third-order valence-corrected chi connectivity index (χ3v) is 3.56. The van der Waals surface area contributed by atoms with Crippen LogP contribution in [0.5, 0.6) is 0 Å². The molecule has 1 aliphatic heterocycles. The molecule has 1 atom stereocenters. The summed E-state index contributed by atoms with van der Waals surface area (Å²) < 4.78 is 5.49. The zero-order chi connectivity index (χ0) is 15.1. The maximum Gasteiger partial charge on any atom is 0.270 e. The van der Waals surface area contributed by atoms with Gasteiger partial charge in [0.15, 0.2) is 0 Å². The molecule has 0 aromatic carbocycles. The minimum absolute atomic E-state index is 0.141. The number of nitrogens with zero attached hydrogens (tertiary/aromatic N) is 1. The van der Waals surface area contributed by atoms with Crippen LogP contribution in [0.2, 0.25) is 0 Å². The molecule has 2 heterocycles. The molecule has 5 nitrogen and oxygen atoms in total. The Hall–Kier alpha value is -1.62. The first-order chi connectivity index (χ1) is 10.1. The van der Waals surface area contributed by atoms with Gasteiger partial charge in [-0.2, -0.15) is 0 Å². The van der Waals surface area contributed by atoms with E-state index >= 15 is 0 Å². The number of aromatic nitrogens is 1. The molecule has 0 aliphatic carbocycles. The number of amides is 1. The molecular formula is C16H25N3O2. The summed E-state index contributed by atoms with van der Waals surface area (Å²) in [6, 6.07) is 3.68. The van der Waals surface area contributed by atoms with Crippen molar-refractivity contribution < 1.29 is 9.53 Å². The molecule has 1 unspecified atom stereocenters. The standard InChI is InChI=1S/C16H25N3O2/c1-12(2)5-7-17-13-6-8-18-15(10-13)16(20)19-11-14-4-3-9-21-14/h6,8,10,12,14H,3-5,7,9,11H2,1-2H3,(H,17,18)(H,19,20). The quantitative estimate of drug-likeness (QED) is 0.810. The first-order valence-corrected chi connectivity index (χ1v) is 7.75. The van der Waals surface area contributed by atoms with Gasteiger partial charge >= 0.3 is 0 Å². The van der Waals surface area contributed by atoms with Gasteiger partial charge in [-0.1, -0.05) is 13.8 Å². The van der Waals surface area contributed by atoms with Crippen molar-refractivity contribution in [1.29, 1.82) is 0 Å². The van der Waals surface area contributed by atoms with Crippen LogP contribution in [0.1, 0.15) is 43.6 Å². The van der Waals surface area contributed by atoms with Gasteiger partial charge in [0.05, 0.1) is 6.10 Å². The van der Waals surface area contributed by atoms with Gasteiger partial charge in [0.1, 0.15) is 5.69 Å². The molecule has 1 amide bonds. The van der Waals surface area contributed by atoms with Crippen LogP contribution < -0.4 is 10.6 Å². The Balaban J connectivity index is 1.82. The van der Waals surface area contributed by atoms with Crippen LogP contribution in [0, 0.1) is 5.92 Å². The molecular weight excluding hydrogens is 266 g/mol. The topological polar surface area (TPSA) is 63.2 Å². The lowest BCUT2D eigenvalue weighted by molar-refractivity contribution is 0.0854. The SMILES string of the molecule is CC(C)CCNc1ccnc(C(=O)NCC2CCCO2)c1. The van der Waals surface area contributed by atoms with Crippen LogP contribution in [0.4, 0.5) is 5.69 Å². The Kier molecular flexibility index (Phi) is 5.99. The molecule has 1 aromatic rings. The summed E-state index contributed by atoms with van der Waals surface area (Å²) in [5.41, 5.74) is 1.38. The van der Waals surface area contributed by atoms with Crippen molar-refractivity contribution in [3.8, 4) is 0 Å². The van der Waals surface area contributed by atoms with Crippen molar-refractivity contribution in [2.75, 3.05) is 25.0 Å². The number of nitrogens with one attached hydrogen (secondary N) is 2. The molecule has 1 saturated heterocycles. The van der Waals surface area contributed by atoms with Gasteiger partial charge in [-0.25, -0.2) is 0 Å². The second-order valence-electron chi connectivity index (χ2n) is 5.88. The lowest BCUT2D eigenvalue weighted by atomic mass is 10.1. The molecule has 1 aromatic heterocycles. The normalized spacial score (nSPS) is 18.0. The summed E-state index contributed by atoms with van der Waals surface area (Å²) >= 11 is 0. The fraction of sp³-hybridized carbons (Fsp3) is 0.625. The fourth-order valence-corrected chi connectivity index (χ4v) is 2.27. The molecule has 116 valence electrons. The highest BCUT2D eigenvalue weighted by Crippen LogP contribution is 2.12. The van der Waals surface area contributed by atoms with Crippen molar-refractivity contribution >= 4 is 11.6 Å². The van der Waals surface area contributed by atoms with Gasteiger partial charge in [0, 0.05) is 31.6 Å². The maximum absolute atomic E-state index is 12.1. The summed E-state index contributed by atoms with van der Waals surface area (Å²) in [5, 5.41) is 6.21. The molecule has 21 heavy (non-hydrogen) atoms. The average Bonchev–Trinajstić information content (AvgIpc) is 2.98. The number of carbonyl (C=O) groups is 1. The number of hydrogen-bond acceptors (Lipinski definition) is 4. The second-order valence-corrected chi connectivity index (χ2v) is 5.88. The zero-order valence-corrected chi connectivity index (χ0v) is 12.9. The van der Waals surface area contributed by atoms with Gasteiger partial charge in [-0.05, 0) is 37.3 Å². The first-order valence-electron chi connectivity index (χ1n) is 7.75. The van der Waals surface area contributed by atoms with E-state index in [1.165, 1.54) is 0 Å². The number of ether oxygens (including phenoxy) is 1. The van der Waals surface area contributed by atoms with E-state index in [1.54, 1.807) is 12.3 Å². The Morgan fingerprint density at radius 3 is 3.10 bits per heavy atom. The van der Waals surface area contributed by atoms with Gasteiger partial charge in [0.25, 0.3) is 5.91 Å². The molecule has 1 aliphatic rings. The Bertz CT molecular complexity index is 457. The predicted octanol–water partition coefficient (Wildman–Crippen LogP) is 2.45. The summed E-state index contributed by atoms with van der Waals surface area (Å²) in [6.45, 7) is 6.65. The lowest BCUT2D eigenvalue weighted by Crippen LogP contribution is -2.32. The highest BCUT2D eigenvalue weighted by molar-refractivity contribution is 5.93. The molecule has 0 spiro atoms. The first kappa shape index (κ1) is 15.8. The largest absolute Gasteiger partial charge is 0.385 e. The summed E-state index contributed by atoms with van der Waals surface area (Å²) in [5.74, 6) is 0.520. The van der Waals surface area contributed by atoms with Crippen LogP contribution >= 0.6 is 0 Å². The lowest BCUT2D eigenvalue weighted by Gasteiger charge is -2.11. The van der Waals surface area contributed by atoms with Gasteiger partial charge < -0.3 is 15.4 Å². The van der Waals surface area contributed by atoms with E-state index in [2.05, 4.69) is 29.5 Å². The number of carbonyl (C=O) groups excluding carboxylic acids is 1. The predicted molar refractivity (Wildman–Crippen MR) is 83.5 cm³/mol. The number of pyridine rings is 1. The van der Waals surface area contributed by atoms with Gasteiger partial charge in [-0.15, -0.1) is 0 Å². The maximum atomic E-state index is 12.1. The van der Waals surface area contributed by atoms with Crippen molar-refractivity contribution in [3.63, 3.8) is 0 Å². The molecule has 2 N–H and O–H groups in total. The third kappa shape index (κ3) is 5.34. The van der Waals surface area contributed by atoms with E-state index in [0.29, 0.717) is 18.2 Å². The smallest absolute Gasteiger partial charge is 0.270 e. The van der Waals surface area contributed by atoms with Gasteiger partial charge in [0.2, 0.25) is 0 Å². The molecule has 0 saturated carbocycles. The third-order valence-electron chi connectivity index (χ3n) is 3.56. The zero-order valence-electron chi connectivity index (χ0n) is 12.9. The minimum Gasteiger partial charge on any atom is -0.385 e. The van der Waals surface area contributed by atoms with Crippen molar-refractivity contribution in [3.05, 3.63) is 24.0 Å². The fourth-order valence-electron chi connectivity index (χ4n) is 2.27. The van der Waals surface area contributed by atoms with E-state index in [4.69, 9.17) is 4.74 Å². The molecule has 5 heteroatoms. The van der Waals surface area contributed by atoms with Crippen molar-refractivity contribution in [2.24, 2.45) is 5.92 Å². The highest BCUT2D eigenvalue weighted by atomic mass is 16.5. The molecule has 2 rings (SSSR count). The van der Waals surface area contributed by atoms with E-state index in [0.717, 1.165) is 38.1 Å². The summed E-state index contributed by atoms with van der Waals surface area (Å²) in [4.78, 5) is 16.2. The van der Waals surface area contributed by atoms with E-state index in [9.17, 15) is 4.79 Å². The van der Waals surface area contributed by atoms with Crippen molar-refractivity contribution in [2.45, 2.75) is 39.2 Å². The Labute approximate surface area is 126 Å². The summed E-state index contributed by atoms with van der Waals surface area (Å²) in [7, 11) is 0. The molecule has 0 radical (unpaired) electrons. The van der Waals surface area contributed by atoms with Crippen molar-refractivity contribution in [1.82, 2.24) is 10.3 Å². The number of hydrogen-bond donors (Lipinski definition) is 2. The highest BCUT2D eigenvalue weighted by Gasteiger charge is 2.17. The molecule has 0 bridgehead atoms. The monoisotopic (exact) mass is 291 g/mol. The minimum atomic E-state index is -0.141. The van der Waals surface area contributed by atoms with Crippen LogP contribution in [0.3, 0.4) is 0 Å². The number of rotatable bonds is 7. The van der Waals surface area contributed by atoms with Gasteiger partial charge in [-0.3, -0.25) is 9.78 Å².